The number of benzene rings is 1. The number of carbonyl (C=O) groups is 3. The Balaban J connectivity index is 1.40. The summed E-state index contributed by atoms with van der Waals surface area (Å²) < 4.78 is 0. The van der Waals surface area contributed by atoms with Gasteiger partial charge in [0.1, 0.15) is 0 Å². The highest BCUT2D eigenvalue weighted by molar-refractivity contribution is 5.94. The molecule has 0 aromatic heterocycles. The Kier molecular flexibility index (Phi) is 5.21. The lowest BCUT2D eigenvalue weighted by atomic mass is 10.1. The van der Waals surface area contributed by atoms with E-state index in [9.17, 15) is 14.4 Å². The molecule has 0 aliphatic carbocycles. The SMILES string of the molecule is CNC(=O)c1cccc(CCNC(=O)N2CC(N3CCCC3=O)C2)c1. The number of hydrogen-bond acceptors (Lipinski definition) is 3. The topological polar surface area (TPSA) is 81.8 Å². The van der Waals surface area contributed by atoms with Crippen molar-refractivity contribution in [1.82, 2.24) is 20.4 Å². The molecule has 0 atom stereocenters. The summed E-state index contributed by atoms with van der Waals surface area (Å²) in [5, 5.41) is 5.50. The van der Waals surface area contributed by atoms with E-state index in [-0.39, 0.29) is 23.9 Å². The molecule has 1 aromatic rings. The minimum atomic E-state index is -0.117. The summed E-state index contributed by atoms with van der Waals surface area (Å²) in [5.74, 6) is 0.0926. The highest BCUT2D eigenvalue weighted by atomic mass is 16.2. The van der Waals surface area contributed by atoms with Gasteiger partial charge >= 0.3 is 6.03 Å². The first-order valence-electron chi connectivity index (χ1n) is 8.71. The second kappa shape index (κ2) is 7.55. The molecule has 2 N–H and O–H groups in total. The minimum absolute atomic E-state index is 0.0923. The lowest BCUT2D eigenvalue weighted by Gasteiger charge is -2.43. The molecule has 2 fully saturated rings. The van der Waals surface area contributed by atoms with E-state index >= 15 is 0 Å². The fourth-order valence-corrected chi connectivity index (χ4v) is 3.31. The van der Waals surface area contributed by atoms with E-state index in [2.05, 4.69) is 10.6 Å². The van der Waals surface area contributed by atoms with Gasteiger partial charge in [-0.2, -0.15) is 0 Å². The average molecular weight is 344 g/mol. The number of urea groups is 1. The van der Waals surface area contributed by atoms with Gasteiger partial charge in [0, 0.05) is 45.2 Å². The molecule has 2 heterocycles. The number of carbonyl (C=O) groups excluding carboxylic acids is 3. The van der Waals surface area contributed by atoms with Gasteiger partial charge in [-0.1, -0.05) is 12.1 Å². The van der Waals surface area contributed by atoms with Crippen LogP contribution in [0.1, 0.15) is 28.8 Å². The van der Waals surface area contributed by atoms with Crippen LogP contribution in [0.5, 0.6) is 0 Å². The molecule has 7 heteroatoms. The summed E-state index contributed by atoms with van der Waals surface area (Å²) in [6.45, 7) is 2.56. The molecule has 4 amide bonds. The molecule has 7 nitrogen and oxygen atoms in total. The summed E-state index contributed by atoms with van der Waals surface area (Å²) in [6, 6.07) is 7.48. The monoisotopic (exact) mass is 344 g/mol. The zero-order chi connectivity index (χ0) is 17.8. The van der Waals surface area contributed by atoms with Gasteiger partial charge in [-0.3, -0.25) is 9.59 Å². The van der Waals surface area contributed by atoms with Crippen molar-refractivity contribution >= 4 is 17.8 Å². The first-order valence-corrected chi connectivity index (χ1v) is 8.71. The summed E-state index contributed by atoms with van der Waals surface area (Å²) in [5.41, 5.74) is 1.62. The van der Waals surface area contributed by atoms with Crippen molar-refractivity contribution in [1.29, 1.82) is 0 Å². The fourth-order valence-electron chi connectivity index (χ4n) is 3.31. The first-order chi connectivity index (χ1) is 12.1. The van der Waals surface area contributed by atoms with E-state index in [0.29, 0.717) is 38.0 Å². The van der Waals surface area contributed by atoms with Gasteiger partial charge in [-0.15, -0.1) is 0 Å². The molecular formula is C18H24N4O3. The Hall–Kier alpha value is -2.57. The molecule has 2 aliphatic rings. The number of likely N-dealkylation sites (tertiary alicyclic amines) is 2. The molecule has 1 aromatic carbocycles. The molecule has 0 bridgehead atoms. The summed E-state index contributed by atoms with van der Waals surface area (Å²) in [6.07, 6.45) is 2.23. The van der Waals surface area contributed by atoms with Crippen molar-refractivity contribution in [3.8, 4) is 0 Å². The van der Waals surface area contributed by atoms with Gasteiger partial charge in [0.2, 0.25) is 5.91 Å². The lowest BCUT2D eigenvalue weighted by Crippen LogP contribution is -2.63. The number of nitrogens with one attached hydrogen (secondary N) is 2. The zero-order valence-electron chi connectivity index (χ0n) is 14.5. The lowest BCUT2D eigenvalue weighted by molar-refractivity contribution is -0.132. The predicted octanol–water partition coefficient (Wildman–Crippen LogP) is 0.605. The molecule has 25 heavy (non-hydrogen) atoms. The highest BCUT2D eigenvalue weighted by Crippen LogP contribution is 2.21. The van der Waals surface area contributed by atoms with Crippen molar-refractivity contribution in [2.75, 3.05) is 33.2 Å². The van der Waals surface area contributed by atoms with E-state index in [1.54, 1.807) is 18.0 Å². The Morgan fingerprint density at radius 3 is 2.76 bits per heavy atom. The van der Waals surface area contributed by atoms with Crippen molar-refractivity contribution < 1.29 is 14.4 Å². The third-order valence-corrected chi connectivity index (χ3v) is 4.81. The molecule has 3 rings (SSSR count). The van der Waals surface area contributed by atoms with Crippen LogP contribution < -0.4 is 10.6 Å². The van der Waals surface area contributed by atoms with E-state index in [4.69, 9.17) is 0 Å². The first kappa shape index (κ1) is 17.3. The normalized spacial score (nSPS) is 17.4. The van der Waals surface area contributed by atoms with Crippen molar-refractivity contribution in [3.63, 3.8) is 0 Å². The molecule has 2 aliphatic heterocycles. The molecule has 134 valence electrons. The summed E-state index contributed by atoms with van der Waals surface area (Å²) in [4.78, 5) is 39.1. The van der Waals surface area contributed by atoms with Crippen LogP contribution in [0.3, 0.4) is 0 Å². The third kappa shape index (κ3) is 3.92. The number of amides is 4. The smallest absolute Gasteiger partial charge is 0.317 e. The van der Waals surface area contributed by atoms with Crippen LogP contribution in [0.25, 0.3) is 0 Å². The Labute approximate surface area is 147 Å². The molecule has 0 spiro atoms. The maximum absolute atomic E-state index is 12.1. The van der Waals surface area contributed by atoms with E-state index in [1.165, 1.54) is 0 Å². The molecule has 2 saturated heterocycles. The van der Waals surface area contributed by atoms with E-state index < -0.39 is 0 Å². The second-order valence-electron chi connectivity index (χ2n) is 6.51. The van der Waals surface area contributed by atoms with Crippen LogP contribution in [0.2, 0.25) is 0 Å². The van der Waals surface area contributed by atoms with Crippen LogP contribution in [-0.4, -0.2) is 66.9 Å². The largest absolute Gasteiger partial charge is 0.355 e. The van der Waals surface area contributed by atoms with E-state index in [0.717, 1.165) is 18.5 Å². The molecule has 0 radical (unpaired) electrons. The Bertz CT molecular complexity index is 670. The number of hydrogen-bond donors (Lipinski definition) is 2. The molecular weight excluding hydrogens is 320 g/mol. The Morgan fingerprint density at radius 1 is 1.28 bits per heavy atom. The van der Waals surface area contributed by atoms with Gasteiger partial charge in [0.25, 0.3) is 5.91 Å². The fraction of sp³-hybridized carbons (Fsp3) is 0.500. The van der Waals surface area contributed by atoms with Crippen LogP contribution in [0.4, 0.5) is 4.79 Å². The molecule has 0 saturated carbocycles. The predicted molar refractivity (Wildman–Crippen MR) is 93.2 cm³/mol. The van der Waals surface area contributed by atoms with Crippen LogP contribution in [-0.2, 0) is 11.2 Å². The van der Waals surface area contributed by atoms with Crippen LogP contribution in [0.15, 0.2) is 24.3 Å². The van der Waals surface area contributed by atoms with Crippen LogP contribution >= 0.6 is 0 Å². The van der Waals surface area contributed by atoms with Crippen LogP contribution in [0, 0.1) is 0 Å². The third-order valence-electron chi connectivity index (χ3n) is 4.81. The summed E-state index contributed by atoms with van der Waals surface area (Å²) >= 11 is 0. The van der Waals surface area contributed by atoms with Gasteiger partial charge in [-0.05, 0) is 30.5 Å². The van der Waals surface area contributed by atoms with E-state index in [1.807, 2.05) is 23.1 Å². The Morgan fingerprint density at radius 2 is 2.08 bits per heavy atom. The average Bonchev–Trinajstić information content (AvgIpc) is 2.99. The quantitative estimate of drug-likeness (QED) is 0.821. The van der Waals surface area contributed by atoms with Gasteiger partial charge in [0.05, 0.1) is 6.04 Å². The van der Waals surface area contributed by atoms with Gasteiger partial charge in [-0.25, -0.2) is 4.79 Å². The standard InChI is InChI=1S/C18H24N4O3/c1-19-17(24)14-5-2-4-13(10-14)7-8-20-18(25)21-11-15(12-21)22-9-3-6-16(22)23/h2,4-5,10,15H,3,6-9,11-12H2,1H3,(H,19,24)(H,20,25). The second-order valence-corrected chi connectivity index (χ2v) is 6.51. The maximum Gasteiger partial charge on any atom is 0.317 e. The van der Waals surface area contributed by atoms with Crippen molar-refractivity contribution in [2.45, 2.75) is 25.3 Å². The summed E-state index contributed by atoms with van der Waals surface area (Å²) in [7, 11) is 1.60. The maximum atomic E-state index is 12.1. The van der Waals surface area contributed by atoms with Gasteiger partial charge < -0.3 is 20.4 Å². The van der Waals surface area contributed by atoms with Crippen molar-refractivity contribution in [3.05, 3.63) is 35.4 Å². The zero-order valence-corrected chi connectivity index (χ0v) is 14.5. The highest BCUT2D eigenvalue weighted by Gasteiger charge is 2.38. The minimum Gasteiger partial charge on any atom is -0.355 e. The van der Waals surface area contributed by atoms with Crippen molar-refractivity contribution in [2.24, 2.45) is 0 Å². The number of rotatable bonds is 5. The molecule has 0 unspecified atom stereocenters. The van der Waals surface area contributed by atoms with Gasteiger partial charge in [0.15, 0.2) is 0 Å². The number of nitrogens with zero attached hydrogens (tertiary/aromatic N) is 2.